The van der Waals surface area contributed by atoms with Crippen LogP contribution in [-0.2, 0) is 9.53 Å². The molecule has 104 valence electrons. The van der Waals surface area contributed by atoms with E-state index < -0.39 is 0 Å². The molecule has 19 heavy (non-hydrogen) atoms. The van der Waals surface area contributed by atoms with Gasteiger partial charge < -0.3 is 9.64 Å². The van der Waals surface area contributed by atoms with Crippen LogP contribution < -0.4 is 0 Å². The van der Waals surface area contributed by atoms with Crippen molar-refractivity contribution in [2.24, 2.45) is 0 Å². The summed E-state index contributed by atoms with van der Waals surface area (Å²) in [6, 6.07) is 4.00. The number of rotatable bonds is 5. The molecule has 1 aromatic rings. The van der Waals surface area contributed by atoms with E-state index in [2.05, 4.69) is 4.74 Å². The largest absolute Gasteiger partial charge is 0.469 e. The third kappa shape index (κ3) is 3.56. The van der Waals surface area contributed by atoms with Crippen LogP contribution in [0.3, 0.4) is 0 Å². The maximum Gasteiger partial charge on any atom is 0.307 e. The Hall–Kier alpha value is -1.36. The normalized spacial score (nSPS) is 15.4. The van der Waals surface area contributed by atoms with Gasteiger partial charge in [-0.05, 0) is 24.3 Å². The summed E-state index contributed by atoms with van der Waals surface area (Å²) in [6.45, 7) is 0.452. The van der Waals surface area contributed by atoms with Gasteiger partial charge in [0.15, 0.2) is 0 Å². The summed E-state index contributed by atoms with van der Waals surface area (Å²) in [5, 5.41) is 1.90. The third-order valence-corrected chi connectivity index (χ3v) is 4.40. The first-order valence-corrected chi connectivity index (χ1v) is 7.51. The number of hydrogen-bond donors (Lipinski definition) is 0. The zero-order valence-corrected chi connectivity index (χ0v) is 11.9. The first-order valence-electron chi connectivity index (χ1n) is 6.63. The van der Waals surface area contributed by atoms with Crippen LogP contribution in [0, 0.1) is 0 Å². The Morgan fingerprint density at radius 1 is 1.42 bits per heavy atom. The highest BCUT2D eigenvalue weighted by Gasteiger charge is 2.28. The van der Waals surface area contributed by atoms with Crippen molar-refractivity contribution >= 4 is 23.2 Å². The van der Waals surface area contributed by atoms with Crippen LogP contribution in [0.4, 0.5) is 0 Å². The number of methoxy groups -OCH3 is 1. The summed E-state index contributed by atoms with van der Waals surface area (Å²) in [6.07, 6.45) is 4.68. The summed E-state index contributed by atoms with van der Waals surface area (Å²) in [4.78, 5) is 26.4. The molecule has 1 saturated carbocycles. The standard InChI is InChI=1S/C14H19NO3S/c1-18-13(16)8-9-15(11-5-2-3-6-11)14(17)12-7-4-10-19-12/h4,7,10-11H,2-3,5-6,8-9H2,1H3. The molecule has 0 bridgehead atoms. The molecule has 2 rings (SSSR count). The van der Waals surface area contributed by atoms with E-state index in [-0.39, 0.29) is 24.3 Å². The van der Waals surface area contributed by atoms with Crippen LogP contribution >= 0.6 is 11.3 Å². The molecule has 0 aromatic carbocycles. The van der Waals surface area contributed by atoms with Crippen LogP contribution in [0.25, 0.3) is 0 Å². The number of esters is 1. The minimum atomic E-state index is -0.262. The van der Waals surface area contributed by atoms with Gasteiger partial charge in [-0.3, -0.25) is 9.59 Å². The fourth-order valence-corrected chi connectivity index (χ4v) is 3.20. The molecule has 0 N–H and O–H groups in total. The van der Waals surface area contributed by atoms with E-state index in [0.717, 1.165) is 30.6 Å². The van der Waals surface area contributed by atoms with Crippen LogP contribution in [-0.4, -0.2) is 36.5 Å². The first-order chi connectivity index (χ1) is 9.22. The molecule has 0 spiro atoms. The number of carbonyl (C=O) groups is 2. The van der Waals surface area contributed by atoms with E-state index in [4.69, 9.17) is 0 Å². The van der Waals surface area contributed by atoms with Crippen molar-refractivity contribution in [2.75, 3.05) is 13.7 Å². The molecular weight excluding hydrogens is 262 g/mol. The molecule has 4 nitrogen and oxygen atoms in total. The summed E-state index contributed by atoms with van der Waals surface area (Å²) in [7, 11) is 1.38. The number of hydrogen-bond acceptors (Lipinski definition) is 4. The van der Waals surface area contributed by atoms with Crippen LogP contribution in [0.15, 0.2) is 17.5 Å². The highest BCUT2D eigenvalue weighted by molar-refractivity contribution is 7.12. The van der Waals surface area contributed by atoms with Gasteiger partial charge in [-0.15, -0.1) is 11.3 Å². The lowest BCUT2D eigenvalue weighted by Gasteiger charge is -2.28. The van der Waals surface area contributed by atoms with E-state index in [1.54, 1.807) is 0 Å². The molecule has 1 amide bonds. The molecule has 0 radical (unpaired) electrons. The zero-order chi connectivity index (χ0) is 13.7. The van der Waals surface area contributed by atoms with Crippen molar-refractivity contribution < 1.29 is 14.3 Å². The topological polar surface area (TPSA) is 46.6 Å². The fourth-order valence-electron chi connectivity index (χ4n) is 2.52. The van der Waals surface area contributed by atoms with Gasteiger partial charge in [0.2, 0.25) is 0 Å². The predicted molar refractivity (Wildman–Crippen MR) is 74.2 cm³/mol. The summed E-state index contributed by atoms with van der Waals surface area (Å²) in [5.74, 6) is -0.215. The maximum atomic E-state index is 12.5. The summed E-state index contributed by atoms with van der Waals surface area (Å²) < 4.78 is 4.66. The summed E-state index contributed by atoms with van der Waals surface area (Å²) >= 11 is 1.45. The average molecular weight is 281 g/mol. The molecule has 0 aliphatic heterocycles. The van der Waals surface area contributed by atoms with Gasteiger partial charge in [-0.25, -0.2) is 0 Å². The lowest BCUT2D eigenvalue weighted by atomic mass is 10.2. The van der Waals surface area contributed by atoms with Gasteiger partial charge in [0, 0.05) is 12.6 Å². The number of ether oxygens (including phenoxy) is 1. The lowest BCUT2D eigenvalue weighted by Crippen LogP contribution is -2.40. The molecule has 1 aliphatic rings. The number of thiophene rings is 1. The molecule has 0 atom stereocenters. The molecular formula is C14H19NO3S. The van der Waals surface area contributed by atoms with Gasteiger partial charge in [0.1, 0.15) is 0 Å². The Morgan fingerprint density at radius 3 is 2.74 bits per heavy atom. The van der Waals surface area contributed by atoms with Crippen molar-refractivity contribution in [1.29, 1.82) is 0 Å². The third-order valence-electron chi connectivity index (χ3n) is 3.54. The second kappa shape index (κ2) is 6.70. The second-order valence-corrected chi connectivity index (χ2v) is 5.69. The Bertz CT molecular complexity index is 424. The van der Waals surface area contributed by atoms with Gasteiger partial charge >= 0.3 is 5.97 Å². The number of nitrogens with zero attached hydrogens (tertiary/aromatic N) is 1. The van der Waals surface area contributed by atoms with Crippen molar-refractivity contribution in [2.45, 2.75) is 38.1 Å². The average Bonchev–Trinajstić information content (AvgIpc) is 3.11. The van der Waals surface area contributed by atoms with E-state index >= 15 is 0 Å². The maximum absolute atomic E-state index is 12.5. The van der Waals surface area contributed by atoms with Crippen LogP contribution in [0.2, 0.25) is 0 Å². The van der Waals surface area contributed by atoms with Crippen LogP contribution in [0.5, 0.6) is 0 Å². The van der Waals surface area contributed by atoms with Gasteiger partial charge in [-0.1, -0.05) is 18.9 Å². The summed E-state index contributed by atoms with van der Waals surface area (Å²) in [5.41, 5.74) is 0. The van der Waals surface area contributed by atoms with Gasteiger partial charge in [0.25, 0.3) is 5.91 Å². The monoisotopic (exact) mass is 281 g/mol. The zero-order valence-electron chi connectivity index (χ0n) is 11.1. The minimum Gasteiger partial charge on any atom is -0.469 e. The number of amides is 1. The SMILES string of the molecule is COC(=O)CCN(C(=O)c1cccs1)C1CCCC1. The molecule has 1 aromatic heterocycles. The molecule has 5 heteroatoms. The van der Waals surface area contributed by atoms with E-state index in [1.807, 2.05) is 22.4 Å². The second-order valence-electron chi connectivity index (χ2n) is 4.74. The lowest BCUT2D eigenvalue weighted by molar-refractivity contribution is -0.140. The molecule has 1 heterocycles. The van der Waals surface area contributed by atoms with E-state index in [0.29, 0.717) is 6.54 Å². The first kappa shape index (κ1) is 14.1. The number of carbonyl (C=O) groups excluding carboxylic acids is 2. The van der Waals surface area contributed by atoms with Gasteiger partial charge in [-0.2, -0.15) is 0 Å². The molecule has 1 fully saturated rings. The smallest absolute Gasteiger partial charge is 0.307 e. The molecule has 0 unspecified atom stereocenters. The van der Waals surface area contributed by atoms with E-state index in [1.165, 1.54) is 18.4 Å². The Morgan fingerprint density at radius 2 is 2.16 bits per heavy atom. The van der Waals surface area contributed by atoms with Crippen molar-refractivity contribution in [1.82, 2.24) is 4.90 Å². The minimum absolute atomic E-state index is 0.0470. The van der Waals surface area contributed by atoms with Crippen LogP contribution in [0.1, 0.15) is 41.8 Å². The van der Waals surface area contributed by atoms with E-state index in [9.17, 15) is 9.59 Å². The van der Waals surface area contributed by atoms with Crippen molar-refractivity contribution in [3.63, 3.8) is 0 Å². The molecule has 1 aliphatic carbocycles. The highest BCUT2D eigenvalue weighted by atomic mass is 32.1. The quantitative estimate of drug-likeness (QED) is 0.780. The molecule has 0 saturated heterocycles. The Kier molecular flexibility index (Phi) is 4.96. The van der Waals surface area contributed by atoms with Crippen molar-refractivity contribution in [3.05, 3.63) is 22.4 Å². The fraction of sp³-hybridized carbons (Fsp3) is 0.571. The van der Waals surface area contributed by atoms with Crippen molar-refractivity contribution in [3.8, 4) is 0 Å². The Labute approximate surface area is 117 Å². The van der Waals surface area contributed by atoms with Gasteiger partial charge in [0.05, 0.1) is 18.4 Å². The predicted octanol–water partition coefficient (Wildman–Crippen LogP) is 2.70. The Balaban J connectivity index is 2.05. The highest BCUT2D eigenvalue weighted by Crippen LogP contribution is 2.26.